The fourth-order valence-electron chi connectivity index (χ4n) is 3.55. The number of H-pyrrole nitrogens is 1. The lowest BCUT2D eigenvalue weighted by Crippen LogP contribution is -2.20. The third kappa shape index (κ3) is 5.15. The predicted octanol–water partition coefficient (Wildman–Crippen LogP) is 5.96. The molecule has 3 heterocycles. The number of halogens is 4. The average molecular weight is 508 g/mol. The second-order valence-corrected chi connectivity index (χ2v) is 7.70. The van der Waals surface area contributed by atoms with Gasteiger partial charge in [-0.2, -0.15) is 13.2 Å². The fraction of sp³-hybridized carbons (Fsp3) is 0.0417. The topological polar surface area (TPSA) is 121 Å². The fourth-order valence-corrected chi connectivity index (χ4v) is 3.55. The molecule has 5 rings (SSSR count). The van der Waals surface area contributed by atoms with Gasteiger partial charge in [0.1, 0.15) is 29.2 Å². The normalized spacial score (nSPS) is 11.4. The Morgan fingerprint density at radius 1 is 0.892 bits per heavy atom. The molecule has 0 aliphatic heterocycles. The van der Waals surface area contributed by atoms with Crippen molar-refractivity contribution in [3.8, 4) is 11.3 Å². The lowest BCUT2D eigenvalue weighted by molar-refractivity contribution is -0.137. The molecular formula is C24H16F4N8O. The van der Waals surface area contributed by atoms with E-state index in [1.54, 1.807) is 12.1 Å². The maximum absolute atomic E-state index is 14.9. The number of amides is 2. The van der Waals surface area contributed by atoms with E-state index in [-0.39, 0.29) is 17.1 Å². The largest absolute Gasteiger partial charge is 0.416 e. The molecule has 0 aliphatic carbocycles. The van der Waals surface area contributed by atoms with Crippen LogP contribution in [0.2, 0.25) is 0 Å². The van der Waals surface area contributed by atoms with Crippen molar-refractivity contribution in [2.75, 3.05) is 16.0 Å². The van der Waals surface area contributed by atoms with Crippen LogP contribution in [-0.2, 0) is 6.18 Å². The first-order valence-electron chi connectivity index (χ1n) is 10.7. The summed E-state index contributed by atoms with van der Waals surface area (Å²) in [7, 11) is 0. The number of imidazole rings is 1. The molecule has 0 unspecified atom stereocenters. The maximum atomic E-state index is 14.9. The molecule has 9 nitrogen and oxygen atoms in total. The van der Waals surface area contributed by atoms with Gasteiger partial charge in [0.2, 0.25) is 0 Å². The Morgan fingerprint density at radius 2 is 1.70 bits per heavy atom. The number of carbonyl (C=O) groups is 1. The summed E-state index contributed by atoms with van der Waals surface area (Å²) in [6.07, 6.45) is -0.170. The number of pyridine rings is 1. The van der Waals surface area contributed by atoms with E-state index in [2.05, 4.69) is 40.9 Å². The molecule has 37 heavy (non-hydrogen) atoms. The van der Waals surface area contributed by atoms with Crippen LogP contribution in [-0.4, -0.2) is 31.0 Å². The Kier molecular flexibility index (Phi) is 6.09. The van der Waals surface area contributed by atoms with Gasteiger partial charge >= 0.3 is 12.2 Å². The average Bonchev–Trinajstić information content (AvgIpc) is 3.35. The Labute approximate surface area is 206 Å². The lowest BCUT2D eigenvalue weighted by atomic mass is 10.1. The van der Waals surface area contributed by atoms with Gasteiger partial charge in [-0.05, 0) is 48.5 Å². The van der Waals surface area contributed by atoms with Crippen LogP contribution >= 0.6 is 0 Å². The monoisotopic (exact) mass is 508 g/mol. The van der Waals surface area contributed by atoms with Gasteiger partial charge in [-0.15, -0.1) is 0 Å². The first kappa shape index (κ1) is 23.7. The first-order chi connectivity index (χ1) is 17.8. The highest BCUT2D eigenvalue weighted by Gasteiger charge is 2.30. The minimum atomic E-state index is -4.55. The first-order valence-corrected chi connectivity index (χ1v) is 10.7. The van der Waals surface area contributed by atoms with Crippen LogP contribution in [0, 0.1) is 5.82 Å². The van der Waals surface area contributed by atoms with E-state index in [0.29, 0.717) is 28.2 Å². The molecule has 13 heteroatoms. The highest BCUT2D eigenvalue weighted by molar-refractivity contribution is 6.00. The molecule has 0 bridgehead atoms. The summed E-state index contributed by atoms with van der Waals surface area (Å²) in [5.41, 5.74) is 1.32. The highest BCUT2D eigenvalue weighted by atomic mass is 19.4. The smallest absolute Gasteiger partial charge is 0.341 e. The second-order valence-electron chi connectivity index (χ2n) is 7.70. The number of fused-ring (bicyclic) bond motifs is 1. The van der Waals surface area contributed by atoms with Crippen LogP contribution in [0.4, 0.5) is 45.2 Å². The number of hydrogen-bond donors (Lipinski definition) is 4. The molecule has 0 fully saturated rings. The molecular weight excluding hydrogens is 492 g/mol. The number of anilines is 4. The summed E-state index contributed by atoms with van der Waals surface area (Å²) in [6.45, 7) is 0. The molecule has 2 aromatic carbocycles. The Morgan fingerprint density at radius 3 is 2.49 bits per heavy atom. The number of urea groups is 1. The van der Waals surface area contributed by atoms with Crippen molar-refractivity contribution in [1.82, 2.24) is 24.9 Å². The minimum absolute atomic E-state index is 0.0649. The number of nitrogens with one attached hydrogen (secondary N) is 4. The van der Waals surface area contributed by atoms with E-state index < -0.39 is 23.6 Å². The van der Waals surface area contributed by atoms with E-state index in [4.69, 9.17) is 0 Å². The van der Waals surface area contributed by atoms with Crippen molar-refractivity contribution in [3.05, 3.63) is 84.8 Å². The van der Waals surface area contributed by atoms with Gasteiger partial charge in [0.25, 0.3) is 0 Å². The molecule has 186 valence electrons. The number of nitrogens with zero attached hydrogens (tertiary/aromatic N) is 4. The SMILES string of the molecule is O=C(Nc1cccc(C(F)(F)F)c1)Nc1ccc(Nc2ncccc2-c2ncnc3nc[nH]c23)c(F)c1. The second kappa shape index (κ2) is 9.53. The molecule has 3 aromatic heterocycles. The standard InChI is InChI=1S/C24H16F4N8O/c25-17-10-15(35-23(37)34-14-4-1-3-13(9-14)24(26,27)28)6-7-18(17)36-21-16(5-2-8-29-21)19-20-22(32-11-30-19)33-12-31-20/h1-12H,(H,29,36)(H2,34,35,37)(H,30,31,32,33). The van der Waals surface area contributed by atoms with E-state index in [1.807, 2.05) is 0 Å². The lowest BCUT2D eigenvalue weighted by Gasteiger charge is -2.13. The number of rotatable bonds is 5. The zero-order valence-electron chi connectivity index (χ0n) is 18.6. The molecule has 0 saturated heterocycles. The molecule has 0 aliphatic rings. The molecule has 4 N–H and O–H groups in total. The van der Waals surface area contributed by atoms with Crippen LogP contribution < -0.4 is 16.0 Å². The van der Waals surface area contributed by atoms with Crippen molar-refractivity contribution in [1.29, 1.82) is 0 Å². The van der Waals surface area contributed by atoms with E-state index >= 15 is 0 Å². The van der Waals surface area contributed by atoms with Gasteiger partial charge < -0.3 is 20.9 Å². The predicted molar refractivity (Wildman–Crippen MR) is 129 cm³/mol. The van der Waals surface area contributed by atoms with Crippen LogP contribution in [0.15, 0.2) is 73.4 Å². The molecule has 0 saturated carbocycles. The number of hydrogen-bond acceptors (Lipinski definition) is 6. The Hall–Kier alpha value is -5.07. The molecule has 0 radical (unpaired) electrons. The van der Waals surface area contributed by atoms with Crippen LogP contribution in [0.1, 0.15) is 5.56 Å². The summed E-state index contributed by atoms with van der Waals surface area (Å²) in [5, 5.41) is 7.61. The van der Waals surface area contributed by atoms with Gasteiger partial charge in [0.05, 0.1) is 17.6 Å². The van der Waals surface area contributed by atoms with Gasteiger partial charge in [-0.1, -0.05) is 6.07 Å². The minimum Gasteiger partial charge on any atom is -0.341 e. The van der Waals surface area contributed by atoms with Gasteiger partial charge in [-0.3, -0.25) is 0 Å². The van der Waals surface area contributed by atoms with E-state index in [0.717, 1.165) is 18.2 Å². The van der Waals surface area contributed by atoms with Crippen LogP contribution in [0.25, 0.3) is 22.4 Å². The number of aromatic nitrogens is 5. The molecule has 5 aromatic rings. The van der Waals surface area contributed by atoms with Crippen LogP contribution in [0.5, 0.6) is 0 Å². The van der Waals surface area contributed by atoms with Crippen molar-refractivity contribution < 1.29 is 22.4 Å². The third-order valence-electron chi connectivity index (χ3n) is 5.21. The maximum Gasteiger partial charge on any atom is 0.416 e. The molecule has 2 amide bonds. The highest BCUT2D eigenvalue weighted by Crippen LogP contribution is 2.32. The van der Waals surface area contributed by atoms with Gasteiger partial charge in [0, 0.05) is 23.1 Å². The summed E-state index contributed by atoms with van der Waals surface area (Å²) < 4.78 is 53.5. The summed E-state index contributed by atoms with van der Waals surface area (Å²) >= 11 is 0. The zero-order chi connectivity index (χ0) is 26.0. The van der Waals surface area contributed by atoms with Crippen molar-refractivity contribution in [2.45, 2.75) is 6.18 Å². The van der Waals surface area contributed by atoms with Gasteiger partial charge in [0.15, 0.2) is 5.65 Å². The van der Waals surface area contributed by atoms with Crippen molar-refractivity contribution in [2.24, 2.45) is 0 Å². The zero-order valence-corrected chi connectivity index (χ0v) is 18.6. The van der Waals surface area contributed by atoms with E-state index in [1.165, 1.54) is 43.1 Å². The molecule has 0 spiro atoms. The number of aromatic amines is 1. The summed E-state index contributed by atoms with van der Waals surface area (Å²) in [5.74, 6) is -0.387. The van der Waals surface area contributed by atoms with Gasteiger partial charge in [-0.25, -0.2) is 29.1 Å². The number of alkyl halides is 3. The third-order valence-corrected chi connectivity index (χ3v) is 5.21. The molecule has 0 atom stereocenters. The van der Waals surface area contributed by atoms with Crippen molar-refractivity contribution >= 4 is 40.1 Å². The van der Waals surface area contributed by atoms with Crippen molar-refractivity contribution in [3.63, 3.8) is 0 Å². The quantitative estimate of drug-likeness (QED) is 0.218. The summed E-state index contributed by atoms with van der Waals surface area (Å²) in [4.78, 5) is 32.0. The van der Waals surface area contributed by atoms with E-state index in [9.17, 15) is 22.4 Å². The van der Waals surface area contributed by atoms with Crippen LogP contribution in [0.3, 0.4) is 0 Å². The number of benzene rings is 2. The Balaban J connectivity index is 1.32. The Bertz CT molecular complexity index is 1600. The number of carbonyl (C=O) groups excluding carboxylic acids is 1. The summed E-state index contributed by atoms with van der Waals surface area (Å²) in [6, 6.07) is 10.7.